The molecule has 1 aromatic carbocycles. The first kappa shape index (κ1) is 22.6. The van der Waals surface area contributed by atoms with Crippen molar-refractivity contribution in [2.75, 3.05) is 26.8 Å². The molecule has 0 N–H and O–H groups in total. The minimum atomic E-state index is -0.183. The van der Waals surface area contributed by atoms with Crippen LogP contribution in [0.3, 0.4) is 0 Å². The van der Waals surface area contributed by atoms with E-state index in [0.717, 1.165) is 31.2 Å². The Morgan fingerprint density at radius 3 is 2.66 bits per heavy atom. The van der Waals surface area contributed by atoms with Crippen molar-refractivity contribution in [2.45, 2.75) is 51.6 Å². The summed E-state index contributed by atoms with van der Waals surface area (Å²) in [6.45, 7) is 5.21. The van der Waals surface area contributed by atoms with Crippen LogP contribution < -0.4 is 9.47 Å². The van der Waals surface area contributed by atoms with Gasteiger partial charge in [-0.2, -0.15) is 0 Å². The Kier molecular flexibility index (Phi) is 7.04. The zero-order valence-electron chi connectivity index (χ0n) is 19.1. The molecule has 1 aliphatic carbocycles. The number of rotatable bonds is 9. The average Bonchev–Trinajstić information content (AvgIpc) is 3.56. The lowest BCUT2D eigenvalue weighted by Gasteiger charge is -2.38. The van der Waals surface area contributed by atoms with Crippen molar-refractivity contribution in [3.05, 3.63) is 46.2 Å². The van der Waals surface area contributed by atoms with Crippen molar-refractivity contribution >= 4 is 23.2 Å². The van der Waals surface area contributed by atoms with E-state index in [-0.39, 0.29) is 36.4 Å². The standard InChI is InChI=1S/C25H32N2O4S/c1-4-17(2)27(25(29)18-9-10-18)15-24(28)26-13-11-23-19(12-14-32-23)20(26)16-31-22-8-6-5-7-21(22)30-3/h5-8,12,14,17-18,20H,4,9-11,13,15-16H2,1-3H3/t17-,20+/m1/s1. The maximum atomic E-state index is 13.5. The van der Waals surface area contributed by atoms with Crippen LogP contribution in [0.4, 0.5) is 0 Å². The van der Waals surface area contributed by atoms with Gasteiger partial charge < -0.3 is 19.3 Å². The number of nitrogens with zero attached hydrogens (tertiary/aromatic N) is 2. The van der Waals surface area contributed by atoms with Gasteiger partial charge in [0, 0.05) is 23.4 Å². The molecule has 0 bridgehead atoms. The van der Waals surface area contributed by atoms with E-state index in [4.69, 9.17) is 9.47 Å². The van der Waals surface area contributed by atoms with Crippen LogP contribution in [-0.4, -0.2) is 54.5 Å². The number of ether oxygens (including phenoxy) is 2. The SMILES string of the molecule is CC[C@@H](C)N(CC(=O)N1CCc2sccc2[C@@H]1COc1ccccc1OC)C(=O)C1CC1. The predicted octanol–water partition coefficient (Wildman–Crippen LogP) is 4.30. The van der Waals surface area contributed by atoms with Crippen molar-refractivity contribution in [3.63, 3.8) is 0 Å². The van der Waals surface area contributed by atoms with Crippen LogP contribution in [-0.2, 0) is 16.0 Å². The quantitative estimate of drug-likeness (QED) is 0.565. The van der Waals surface area contributed by atoms with Crippen LogP contribution in [0.1, 0.15) is 49.6 Å². The summed E-state index contributed by atoms with van der Waals surface area (Å²) >= 11 is 1.73. The Labute approximate surface area is 194 Å². The smallest absolute Gasteiger partial charge is 0.242 e. The van der Waals surface area contributed by atoms with E-state index in [2.05, 4.69) is 18.4 Å². The molecule has 2 aromatic rings. The van der Waals surface area contributed by atoms with Gasteiger partial charge in [-0.1, -0.05) is 19.1 Å². The monoisotopic (exact) mass is 456 g/mol. The summed E-state index contributed by atoms with van der Waals surface area (Å²) in [7, 11) is 1.62. The van der Waals surface area contributed by atoms with Crippen LogP contribution in [0.15, 0.2) is 35.7 Å². The Bertz CT molecular complexity index is 955. The molecule has 2 aliphatic rings. The molecule has 1 saturated carbocycles. The highest BCUT2D eigenvalue weighted by Crippen LogP contribution is 2.36. The molecular formula is C25H32N2O4S. The van der Waals surface area contributed by atoms with Crippen molar-refractivity contribution in [1.82, 2.24) is 9.80 Å². The Morgan fingerprint density at radius 2 is 1.97 bits per heavy atom. The summed E-state index contributed by atoms with van der Waals surface area (Å²) < 4.78 is 11.6. The molecule has 0 spiro atoms. The maximum Gasteiger partial charge on any atom is 0.242 e. The molecular weight excluding hydrogens is 424 g/mol. The first-order chi connectivity index (χ1) is 15.5. The Balaban J connectivity index is 1.53. The van der Waals surface area contributed by atoms with Crippen LogP contribution in [0.2, 0.25) is 0 Å². The van der Waals surface area contributed by atoms with Gasteiger partial charge in [0.2, 0.25) is 11.8 Å². The zero-order chi connectivity index (χ0) is 22.7. The number of carbonyl (C=O) groups excluding carboxylic acids is 2. The van der Waals surface area contributed by atoms with E-state index in [0.29, 0.717) is 24.7 Å². The van der Waals surface area contributed by atoms with E-state index in [1.165, 1.54) is 4.88 Å². The largest absolute Gasteiger partial charge is 0.493 e. The van der Waals surface area contributed by atoms with Crippen molar-refractivity contribution in [1.29, 1.82) is 0 Å². The molecule has 172 valence electrons. The molecule has 1 fully saturated rings. The first-order valence-electron chi connectivity index (χ1n) is 11.5. The fraction of sp³-hybridized carbons (Fsp3) is 0.520. The number of para-hydroxylation sites is 2. The highest BCUT2D eigenvalue weighted by atomic mass is 32.1. The molecule has 0 radical (unpaired) electrons. The second kappa shape index (κ2) is 9.94. The van der Waals surface area contributed by atoms with E-state index in [1.807, 2.05) is 36.1 Å². The van der Waals surface area contributed by atoms with Crippen molar-refractivity contribution in [3.8, 4) is 11.5 Å². The van der Waals surface area contributed by atoms with Crippen molar-refractivity contribution < 1.29 is 19.1 Å². The lowest BCUT2D eigenvalue weighted by Crippen LogP contribution is -2.50. The third kappa shape index (κ3) is 4.77. The number of benzene rings is 1. The summed E-state index contributed by atoms with van der Waals surface area (Å²) in [4.78, 5) is 31.4. The second-order valence-corrected chi connectivity index (χ2v) is 9.61. The number of hydrogen-bond acceptors (Lipinski definition) is 5. The zero-order valence-corrected chi connectivity index (χ0v) is 19.9. The van der Waals surface area contributed by atoms with Gasteiger partial charge in [0.05, 0.1) is 13.2 Å². The number of carbonyl (C=O) groups is 2. The molecule has 0 unspecified atom stereocenters. The normalized spacial score (nSPS) is 18.6. The van der Waals surface area contributed by atoms with Crippen LogP contribution in [0, 0.1) is 5.92 Å². The maximum absolute atomic E-state index is 13.5. The third-order valence-electron chi connectivity index (χ3n) is 6.52. The molecule has 7 heteroatoms. The topological polar surface area (TPSA) is 59.1 Å². The molecule has 4 rings (SSSR count). The van der Waals surface area contributed by atoms with Gasteiger partial charge in [0.25, 0.3) is 0 Å². The Hall–Kier alpha value is -2.54. The fourth-order valence-corrected chi connectivity index (χ4v) is 5.18. The van der Waals surface area contributed by atoms with Crippen LogP contribution in [0.25, 0.3) is 0 Å². The molecule has 1 aliphatic heterocycles. The highest BCUT2D eigenvalue weighted by Gasteiger charge is 2.38. The van der Waals surface area contributed by atoms with E-state index in [9.17, 15) is 9.59 Å². The van der Waals surface area contributed by atoms with Gasteiger partial charge in [-0.3, -0.25) is 9.59 Å². The number of amides is 2. The summed E-state index contributed by atoms with van der Waals surface area (Å²) in [6.07, 6.45) is 3.55. The summed E-state index contributed by atoms with van der Waals surface area (Å²) in [5.41, 5.74) is 1.15. The van der Waals surface area contributed by atoms with Gasteiger partial charge in [0.1, 0.15) is 13.2 Å². The van der Waals surface area contributed by atoms with Gasteiger partial charge in [-0.15, -0.1) is 11.3 Å². The molecule has 2 atom stereocenters. The molecule has 0 saturated heterocycles. The van der Waals surface area contributed by atoms with Gasteiger partial charge in [0.15, 0.2) is 11.5 Å². The number of thiophene rings is 1. The molecule has 1 aromatic heterocycles. The minimum absolute atomic E-state index is 0.00947. The van der Waals surface area contributed by atoms with Crippen molar-refractivity contribution in [2.24, 2.45) is 5.92 Å². The number of hydrogen-bond donors (Lipinski definition) is 0. The second-order valence-electron chi connectivity index (χ2n) is 8.61. The number of fused-ring (bicyclic) bond motifs is 1. The molecule has 6 nitrogen and oxygen atoms in total. The van der Waals surface area contributed by atoms with E-state index < -0.39 is 0 Å². The Morgan fingerprint density at radius 1 is 1.22 bits per heavy atom. The highest BCUT2D eigenvalue weighted by molar-refractivity contribution is 7.10. The fourth-order valence-electron chi connectivity index (χ4n) is 4.25. The lowest BCUT2D eigenvalue weighted by molar-refractivity contribution is -0.145. The van der Waals surface area contributed by atoms with E-state index in [1.54, 1.807) is 23.3 Å². The van der Waals surface area contributed by atoms with Crippen LogP contribution in [0.5, 0.6) is 11.5 Å². The first-order valence-corrected chi connectivity index (χ1v) is 12.3. The predicted molar refractivity (Wildman–Crippen MR) is 125 cm³/mol. The molecule has 2 heterocycles. The van der Waals surface area contributed by atoms with Gasteiger partial charge >= 0.3 is 0 Å². The minimum Gasteiger partial charge on any atom is -0.493 e. The summed E-state index contributed by atoms with van der Waals surface area (Å²) in [5, 5.41) is 2.08. The summed E-state index contributed by atoms with van der Waals surface area (Å²) in [6, 6.07) is 9.51. The molecule has 32 heavy (non-hydrogen) atoms. The van der Waals surface area contributed by atoms with Gasteiger partial charge in [-0.25, -0.2) is 0 Å². The summed E-state index contributed by atoms with van der Waals surface area (Å²) in [5.74, 6) is 1.55. The van der Waals surface area contributed by atoms with E-state index >= 15 is 0 Å². The van der Waals surface area contributed by atoms with Crippen LogP contribution >= 0.6 is 11.3 Å². The lowest BCUT2D eigenvalue weighted by atomic mass is 10.00. The third-order valence-corrected chi connectivity index (χ3v) is 7.52. The van der Waals surface area contributed by atoms with Gasteiger partial charge in [-0.05, 0) is 61.7 Å². The number of methoxy groups -OCH3 is 1. The molecule has 2 amide bonds. The average molecular weight is 457 g/mol.